The Balaban J connectivity index is 1.27. The third-order valence-corrected chi connectivity index (χ3v) is 7.09. The minimum atomic E-state index is -0.321. The van der Waals surface area contributed by atoms with Crippen LogP contribution in [0.3, 0.4) is 0 Å². The summed E-state index contributed by atoms with van der Waals surface area (Å²) in [6.45, 7) is 0.352. The van der Waals surface area contributed by atoms with Gasteiger partial charge in [-0.25, -0.2) is 4.79 Å². The molecule has 8 nitrogen and oxygen atoms in total. The fourth-order valence-corrected chi connectivity index (χ4v) is 5.05. The van der Waals surface area contributed by atoms with Crippen LogP contribution in [0.4, 0.5) is 5.69 Å². The number of ether oxygens (including phenoxy) is 1. The Kier molecular flexibility index (Phi) is 6.11. The average molecular weight is 473 g/mol. The number of carbonyl (C=O) groups excluding carboxylic acids is 1. The van der Waals surface area contributed by atoms with E-state index in [2.05, 4.69) is 10.3 Å². The molecule has 35 heavy (non-hydrogen) atoms. The molecule has 1 aliphatic carbocycles. The van der Waals surface area contributed by atoms with Crippen LogP contribution in [0.25, 0.3) is 21.8 Å². The third-order valence-electron chi connectivity index (χ3n) is 7.09. The van der Waals surface area contributed by atoms with Crippen LogP contribution in [0.1, 0.15) is 25.7 Å². The quantitative estimate of drug-likeness (QED) is 0.478. The highest BCUT2D eigenvalue weighted by Crippen LogP contribution is 2.31. The molecule has 0 radical (unpaired) electrons. The van der Waals surface area contributed by atoms with Crippen molar-refractivity contribution >= 4 is 33.4 Å². The molecule has 2 aromatic heterocycles. The first-order valence-electron chi connectivity index (χ1n) is 11.9. The van der Waals surface area contributed by atoms with Gasteiger partial charge in [0.2, 0.25) is 5.91 Å². The van der Waals surface area contributed by atoms with E-state index in [0.717, 1.165) is 42.3 Å². The molecular weight excluding hydrogens is 444 g/mol. The van der Waals surface area contributed by atoms with E-state index in [1.807, 2.05) is 30.3 Å². The molecule has 1 saturated carbocycles. The summed E-state index contributed by atoms with van der Waals surface area (Å²) in [5.74, 6) is 0.669. The number of hydrogen-bond acceptors (Lipinski definition) is 5. The maximum absolute atomic E-state index is 13.1. The maximum Gasteiger partial charge on any atom is 0.331 e. The second-order valence-electron chi connectivity index (χ2n) is 9.26. The topological polar surface area (TPSA) is 95.2 Å². The number of aryl methyl sites for hydroxylation is 1. The molecule has 0 atom stereocenters. The minimum absolute atomic E-state index is 0.0116. The summed E-state index contributed by atoms with van der Waals surface area (Å²) < 4.78 is 8.10. The molecule has 0 saturated heterocycles. The zero-order chi connectivity index (χ0) is 24.5. The predicted molar refractivity (Wildman–Crippen MR) is 136 cm³/mol. The van der Waals surface area contributed by atoms with E-state index in [0.29, 0.717) is 23.2 Å². The van der Waals surface area contributed by atoms with Crippen LogP contribution in [-0.4, -0.2) is 27.1 Å². The molecule has 0 aliphatic heterocycles. The number of benzene rings is 2. The molecular formula is C27H28N4O4. The summed E-state index contributed by atoms with van der Waals surface area (Å²) in [7, 11) is 3.23. The largest absolute Gasteiger partial charge is 0.497 e. The molecule has 4 aromatic rings. The first-order valence-corrected chi connectivity index (χ1v) is 11.9. The van der Waals surface area contributed by atoms with Gasteiger partial charge in [-0.2, -0.15) is 0 Å². The van der Waals surface area contributed by atoms with Crippen LogP contribution < -0.4 is 21.3 Å². The third kappa shape index (κ3) is 4.43. The number of methoxy groups -OCH3 is 1. The molecule has 1 fully saturated rings. The first kappa shape index (κ1) is 22.8. The fourth-order valence-electron chi connectivity index (χ4n) is 5.05. The number of aromatic nitrogens is 3. The average Bonchev–Trinajstić information content (AvgIpc) is 2.89. The lowest BCUT2D eigenvalue weighted by Crippen LogP contribution is -2.41. The van der Waals surface area contributed by atoms with Gasteiger partial charge in [0.25, 0.3) is 5.56 Å². The molecule has 0 spiro atoms. The van der Waals surface area contributed by atoms with Crippen LogP contribution in [-0.2, 0) is 18.4 Å². The molecule has 180 valence electrons. The molecule has 2 aromatic carbocycles. The lowest BCUT2D eigenvalue weighted by atomic mass is 9.81. The lowest BCUT2D eigenvalue weighted by molar-refractivity contribution is -0.121. The highest BCUT2D eigenvalue weighted by Gasteiger charge is 2.27. The zero-order valence-corrected chi connectivity index (χ0v) is 19.9. The SMILES string of the molecule is COc1ccc2c(c1)c(=O)n(CC1CCC(C(=O)Nc3ccc4ncccc4c3)CC1)c(=O)n2C. The van der Waals surface area contributed by atoms with Gasteiger partial charge >= 0.3 is 5.69 Å². The van der Waals surface area contributed by atoms with Crippen molar-refractivity contribution < 1.29 is 9.53 Å². The normalized spacial score (nSPS) is 18.0. The van der Waals surface area contributed by atoms with E-state index in [1.165, 1.54) is 9.13 Å². The molecule has 0 bridgehead atoms. The van der Waals surface area contributed by atoms with Gasteiger partial charge in [0.1, 0.15) is 5.75 Å². The molecule has 1 amide bonds. The van der Waals surface area contributed by atoms with Gasteiger partial charge in [-0.1, -0.05) is 6.07 Å². The molecule has 0 unspecified atom stereocenters. The molecule has 1 aliphatic rings. The van der Waals surface area contributed by atoms with E-state index >= 15 is 0 Å². The second kappa shape index (κ2) is 9.37. The van der Waals surface area contributed by atoms with Gasteiger partial charge < -0.3 is 10.1 Å². The van der Waals surface area contributed by atoms with Gasteiger partial charge in [0.15, 0.2) is 0 Å². The van der Waals surface area contributed by atoms with Crippen LogP contribution in [0.15, 0.2) is 64.3 Å². The van der Waals surface area contributed by atoms with E-state index in [4.69, 9.17) is 4.74 Å². The van der Waals surface area contributed by atoms with E-state index in [9.17, 15) is 14.4 Å². The predicted octanol–water partition coefficient (Wildman–Crippen LogP) is 3.70. The summed E-state index contributed by atoms with van der Waals surface area (Å²) >= 11 is 0. The Hall–Kier alpha value is -3.94. The van der Waals surface area contributed by atoms with Crippen molar-refractivity contribution in [1.82, 2.24) is 14.1 Å². The number of rotatable bonds is 5. The number of fused-ring (bicyclic) bond motifs is 2. The second-order valence-corrected chi connectivity index (χ2v) is 9.26. The van der Waals surface area contributed by atoms with Crippen LogP contribution in [0, 0.1) is 11.8 Å². The number of nitrogens with one attached hydrogen (secondary N) is 1. The van der Waals surface area contributed by atoms with Crippen molar-refractivity contribution in [3.8, 4) is 5.75 Å². The van der Waals surface area contributed by atoms with Crippen molar-refractivity contribution in [1.29, 1.82) is 0 Å². The van der Waals surface area contributed by atoms with Gasteiger partial charge in [0.05, 0.1) is 23.5 Å². The summed E-state index contributed by atoms with van der Waals surface area (Å²) in [5, 5.41) is 4.48. The van der Waals surface area contributed by atoms with Gasteiger partial charge in [-0.15, -0.1) is 0 Å². The summed E-state index contributed by atoms with van der Waals surface area (Å²) in [6, 6.07) is 14.7. The van der Waals surface area contributed by atoms with Crippen LogP contribution >= 0.6 is 0 Å². The smallest absolute Gasteiger partial charge is 0.331 e. The molecule has 2 heterocycles. The molecule has 1 N–H and O–H groups in total. The van der Waals surface area contributed by atoms with E-state index in [-0.39, 0.29) is 29.0 Å². The first-order chi connectivity index (χ1) is 16.9. The fraction of sp³-hybridized carbons (Fsp3) is 0.333. The Bertz CT molecular complexity index is 1530. The number of carbonyl (C=O) groups is 1. The number of hydrogen-bond donors (Lipinski definition) is 1. The maximum atomic E-state index is 13.1. The number of anilines is 1. The number of amides is 1. The number of nitrogens with zero attached hydrogens (tertiary/aromatic N) is 3. The molecule has 8 heteroatoms. The summed E-state index contributed by atoms with van der Waals surface area (Å²) in [5.41, 5.74) is 1.62. The van der Waals surface area contributed by atoms with Crippen LogP contribution in [0.2, 0.25) is 0 Å². The van der Waals surface area contributed by atoms with Crippen molar-refractivity contribution in [2.24, 2.45) is 18.9 Å². The number of pyridine rings is 1. The van der Waals surface area contributed by atoms with Crippen molar-refractivity contribution in [3.05, 3.63) is 75.6 Å². The van der Waals surface area contributed by atoms with E-state index < -0.39 is 0 Å². The zero-order valence-electron chi connectivity index (χ0n) is 19.9. The highest BCUT2D eigenvalue weighted by atomic mass is 16.5. The molecule has 5 rings (SSSR count). The van der Waals surface area contributed by atoms with Gasteiger partial charge in [-0.3, -0.25) is 23.7 Å². The van der Waals surface area contributed by atoms with Gasteiger partial charge in [-0.05, 0) is 74.1 Å². The lowest BCUT2D eigenvalue weighted by Gasteiger charge is -2.28. The van der Waals surface area contributed by atoms with Crippen molar-refractivity contribution in [3.63, 3.8) is 0 Å². The van der Waals surface area contributed by atoms with E-state index in [1.54, 1.807) is 38.6 Å². The van der Waals surface area contributed by atoms with Gasteiger partial charge in [0, 0.05) is 36.8 Å². The van der Waals surface area contributed by atoms with Crippen LogP contribution in [0.5, 0.6) is 5.75 Å². The Morgan fingerprint density at radius 1 is 1.09 bits per heavy atom. The minimum Gasteiger partial charge on any atom is -0.497 e. The summed E-state index contributed by atoms with van der Waals surface area (Å²) in [4.78, 5) is 43.3. The highest BCUT2D eigenvalue weighted by molar-refractivity contribution is 5.95. The Labute approximate surface area is 202 Å². The summed E-state index contributed by atoms with van der Waals surface area (Å²) in [6.07, 6.45) is 4.76. The van der Waals surface area contributed by atoms with Crippen molar-refractivity contribution in [2.45, 2.75) is 32.2 Å². The Morgan fingerprint density at radius 3 is 2.66 bits per heavy atom. The Morgan fingerprint density at radius 2 is 1.89 bits per heavy atom. The van der Waals surface area contributed by atoms with Crippen molar-refractivity contribution in [2.75, 3.05) is 12.4 Å². The standard InChI is InChI=1S/C27H28N4O4/c1-30-24-12-10-21(35-2)15-22(24)26(33)31(27(30)34)16-17-5-7-18(8-6-17)25(32)29-20-9-11-23-19(14-20)4-3-13-28-23/h3-4,9-15,17-18H,5-8,16H2,1-2H3,(H,29,32). The monoisotopic (exact) mass is 472 g/mol.